The van der Waals surface area contributed by atoms with Crippen molar-refractivity contribution in [3.63, 3.8) is 0 Å². The summed E-state index contributed by atoms with van der Waals surface area (Å²) in [5.74, 6) is 0.673. The first-order chi connectivity index (χ1) is 7.59. The summed E-state index contributed by atoms with van der Waals surface area (Å²) in [5.41, 5.74) is 0. The van der Waals surface area contributed by atoms with E-state index in [1.807, 2.05) is 0 Å². The first kappa shape index (κ1) is 14.2. The van der Waals surface area contributed by atoms with Crippen molar-refractivity contribution in [2.75, 3.05) is 18.7 Å². The number of methoxy groups -OCH3 is 1. The second-order valence-corrected chi connectivity index (χ2v) is 6.40. The maximum atomic E-state index is 11.7. The molecule has 2 unspecified atom stereocenters. The van der Waals surface area contributed by atoms with Crippen LogP contribution in [0.4, 0.5) is 0 Å². The number of nitrogens with one attached hydrogen (secondary N) is 1. The number of alkyl halides is 1. The molecule has 0 aromatic carbocycles. The highest BCUT2D eigenvalue weighted by Gasteiger charge is 2.30. The van der Waals surface area contributed by atoms with Gasteiger partial charge < -0.3 is 4.74 Å². The average molecular weight is 270 g/mol. The van der Waals surface area contributed by atoms with Crippen molar-refractivity contribution >= 4 is 21.6 Å². The standard InChI is InChI=1S/C10H20ClNO3S/c1-15-10-6-4-5-9(10)12-16(13,14)8-3-2-7-11/h9-10,12H,2-8H2,1H3. The molecule has 0 saturated heterocycles. The molecule has 0 spiro atoms. The van der Waals surface area contributed by atoms with Gasteiger partial charge in [-0.2, -0.15) is 0 Å². The topological polar surface area (TPSA) is 55.4 Å². The van der Waals surface area contributed by atoms with Crippen molar-refractivity contribution in [2.45, 2.75) is 44.2 Å². The van der Waals surface area contributed by atoms with Crippen LogP contribution in [0, 0.1) is 0 Å². The molecule has 0 bridgehead atoms. The molecule has 0 aromatic rings. The zero-order chi connectivity index (χ0) is 12.0. The van der Waals surface area contributed by atoms with E-state index < -0.39 is 10.0 Å². The molecule has 16 heavy (non-hydrogen) atoms. The second kappa shape index (κ2) is 6.79. The number of ether oxygens (including phenoxy) is 1. The summed E-state index contributed by atoms with van der Waals surface area (Å²) in [7, 11) is -1.54. The van der Waals surface area contributed by atoms with Crippen LogP contribution in [0.5, 0.6) is 0 Å². The van der Waals surface area contributed by atoms with Gasteiger partial charge in [-0.15, -0.1) is 11.6 Å². The lowest BCUT2D eigenvalue weighted by molar-refractivity contribution is 0.0916. The number of unbranched alkanes of at least 4 members (excludes halogenated alkanes) is 1. The largest absolute Gasteiger partial charge is 0.380 e. The lowest BCUT2D eigenvalue weighted by Crippen LogP contribution is -2.41. The minimum Gasteiger partial charge on any atom is -0.380 e. The molecule has 1 aliphatic carbocycles. The molecule has 1 aliphatic rings. The Balaban J connectivity index is 2.39. The Kier molecular flexibility index (Phi) is 6.03. The molecule has 1 rings (SSSR count). The van der Waals surface area contributed by atoms with Gasteiger partial charge in [0.15, 0.2) is 0 Å². The van der Waals surface area contributed by atoms with Gasteiger partial charge in [-0.3, -0.25) is 0 Å². The van der Waals surface area contributed by atoms with Gasteiger partial charge in [0, 0.05) is 19.0 Å². The van der Waals surface area contributed by atoms with E-state index in [4.69, 9.17) is 16.3 Å². The molecule has 1 saturated carbocycles. The number of hydrogen-bond acceptors (Lipinski definition) is 3. The van der Waals surface area contributed by atoms with E-state index in [2.05, 4.69) is 4.72 Å². The van der Waals surface area contributed by atoms with Crippen LogP contribution < -0.4 is 4.72 Å². The molecule has 0 aliphatic heterocycles. The van der Waals surface area contributed by atoms with Gasteiger partial charge in [-0.1, -0.05) is 0 Å². The molecule has 0 heterocycles. The third-order valence-corrected chi connectivity index (χ3v) is 4.64. The van der Waals surface area contributed by atoms with E-state index >= 15 is 0 Å². The van der Waals surface area contributed by atoms with Crippen LogP contribution in [0.1, 0.15) is 32.1 Å². The third-order valence-electron chi connectivity index (χ3n) is 2.88. The monoisotopic (exact) mass is 269 g/mol. The van der Waals surface area contributed by atoms with Gasteiger partial charge in [0.05, 0.1) is 11.9 Å². The van der Waals surface area contributed by atoms with Crippen molar-refractivity contribution in [3.8, 4) is 0 Å². The fourth-order valence-electron chi connectivity index (χ4n) is 2.02. The third kappa shape index (κ3) is 4.57. The molecule has 96 valence electrons. The van der Waals surface area contributed by atoms with Crippen LogP contribution in [-0.2, 0) is 14.8 Å². The molecule has 1 N–H and O–H groups in total. The van der Waals surface area contributed by atoms with E-state index in [-0.39, 0.29) is 17.9 Å². The van der Waals surface area contributed by atoms with Crippen LogP contribution >= 0.6 is 11.6 Å². The van der Waals surface area contributed by atoms with Gasteiger partial charge in [-0.05, 0) is 32.1 Å². The Labute approximate surface area is 103 Å². The van der Waals surface area contributed by atoms with E-state index in [1.165, 1.54) is 0 Å². The van der Waals surface area contributed by atoms with Crippen LogP contribution in [0.3, 0.4) is 0 Å². The number of hydrogen-bond donors (Lipinski definition) is 1. The number of rotatable bonds is 7. The van der Waals surface area contributed by atoms with Gasteiger partial charge >= 0.3 is 0 Å². The molecule has 6 heteroatoms. The summed E-state index contributed by atoms with van der Waals surface area (Å²) in [4.78, 5) is 0. The minimum absolute atomic E-state index is 0.0304. The molecular weight excluding hydrogens is 250 g/mol. The lowest BCUT2D eigenvalue weighted by atomic mass is 10.2. The highest BCUT2D eigenvalue weighted by Crippen LogP contribution is 2.22. The minimum atomic E-state index is -3.17. The van der Waals surface area contributed by atoms with Crippen LogP contribution in [0.2, 0.25) is 0 Å². The van der Waals surface area contributed by atoms with Gasteiger partial charge in [0.1, 0.15) is 0 Å². The molecule has 0 radical (unpaired) electrons. The normalized spacial score (nSPS) is 26.1. The average Bonchev–Trinajstić information content (AvgIpc) is 2.64. The van der Waals surface area contributed by atoms with Crippen LogP contribution in [-0.4, -0.2) is 39.3 Å². The van der Waals surface area contributed by atoms with E-state index in [0.29, 0.717) is 12.3 Å². The Morgan fingerprint density at radius 1 is 1.38 bits per heavy atom. The molecule has 2 atom stereocenters. The first-order valence-electron chi connectivity index (χ1n) is 5.68. The molecule has 4 nitrogen and oxygen atoms in total. The van der Waals surface area contributed by atoms with Crippen molar-refractivity contribution in [2.24, 2.45) is 0 Å². The fourth-order valence-corrected chi connectivity index (χ4v) is 3.64. The summed E-state index contributed by atoms with van der Waals surface area (Å²) in [6.45, 7) is 0. The molecule has 0 amide bonds. The van der Waals surface area contributed by atoms with Crippen molar-refractivity contribution in [3.05, 3.63) is 0 Å². The summed E-state index contributed by atoms with van der Waals surface area (Å²) >= 11 is 5.51. The maximum Gasteiger partial charge on any atom is 0.211 e. The molecule has 1 fully saturated rings. The molecule has 0 aromatic heterocycles. The molecular formula is C10H20ClNO3S. The van der Waals surface area contributed by atoms with Gasteiger partial charge in [-0.25, -0.2) is 13.1 Å². The van der Waals surface area contributed by atoms with Crippen molar-refractivity contribution < 1.29 is 13.2 Å². The first-order valence-corrected chi connectivity index (χ1v) is 7.86. The highest BCUT2D eigenvalue weighted by molar-refractivity contribution is 7.89. The quantitative estimate of drug-likeness (QED) is 0.563. The van der Waals surface area contributed by atoms with E-state index in [1.54, 1.807) is 7.11 Å². The zero-order valence-corrected chi connectivity index (χ0v) is 11.2. The van der Waals surface area contributed by atoms with Gasteiger partial charge in [0.25, 0.3) is 0 Å². The number of halogens is 1. The Morgan fingerprint density at radius 2 is 2.12 bits per heavy atom. The second-order valence-electron chi connectivity index (χ2n) is 4.14. The predicted octanol–water partition coefficient (Wildman–Crippen LogP) is 1.49. The Bertz CT molecular complexity index is 294. The predicted molar refractivity (Wildman–Crippen MR) is 65.3 cm³/mol. The SMILES string of the molecule is COC1CCCC1NS(=O)(=O)CCCCCl. The summed E-state index contributed by atoms with van der Waals surface area (Å²) in [5, 5.41) is 0. The van der Waals surface area contributed by atoms with Crippen molar-refractivity contribution in [1.82, 2.24) is 4.72 Å². The number of sulfonamides is 1. The van der Waals surface area contributed by atoms with E-state index in [9.17, 15) is 8.42 Å². The fraction of sp³-hybridized carbons (Fsp3) is 1.00. The lowest BCUT2D eigenvalue weighted by Gasteiger charge is -2.19. The van der Waals surface area contributed by atoms with E-state index in [0.717, 1.165) is 25.7 Å². The van der Waals surface area contributed by atoms with Crippen LogP contribution in [0.15, 0.2) is 0 Å². The Hall–Kier alpha value is 0.160. The van der Waals surface area contributed by atoms with Crippen LogP contribution in [0.25, 0.3) is 0 Å². The smallest absolute Gasteiger partial charge is 0.211 e. The van der Waals surface area contributed by atoms with Gasteiger partial charge in [0.2, 0.25) is 10.0 Å². The Morgan fingerprint density at radius 3 is 2.75 bits per heavy atom. The zero-order valence-electron chi connectivity index (χ0n) is 9.62. The van der Waals surface area contributed by atoms with Crippen molar-refractivity contribution in [1.29, 1.82) is 0 Å². The highest BCUT2D eigenvalue weighted by atomic mass is 35.5. The summed E-state index contributed by atoms with van der Waals surface area (Å²) < 4.78 is 31.4. The summed E-state index contributed by atoms with van der Waals surface area (Å²) in [6, 6.07) is -0.0500. The summed E-state index contributed by atoms with van der Waals surface area (Å²) in [6.07, 6.45) is 4.21. The maximum absolute atomic E-state index is 11.7.